The van der Waals surface area contributed by atoms with Crippen LogP contribution in [-0.2, 0) is 15.6 Å². The van der Waals surface area contributed by atoms with Gasteiger partial charge in [-0.25, -0.2) is 17.8 Å². The lowest BCUT2D eigenvalue weighted by Gasteiger charge is -2.14. The second-order valence-corrected chi connectivity index (χ2v) is 10.3. The third-order valence-electron chi connectivity index (χ3n) is 4.70. The highest BCUT2D eigenvalue weighted by atomic mass is 32.2. The first kappa shape index (κ1) is 25.1. The van der Waals surface area contributed by atoms with Crippen molar-refractivity contribution in [2.24, 2.45) is 0 Å². The quantitative estimate of drug-likeness (QED) is 0.386. The van der Waals surface area contributed by atoms with E-state index in [1.807, 2.05) is 20.8 Å². The minimum Gasteiger partial charge on any atom is -0.350 e. The summed E-state index contributed by atoms with van der Waals surface area (Å²) in [5, 5.41) is 8.67. The molecule has 3 rings (SSSR count). The van der Waals surface area contributed by atoms with Crippen molar-refractivity contribution in [3.05, 3.63) is 71.7 Å². The number of hydrogen-bond acceptors (Lipinski definition) is 7. The first-order valence-electron chi connectivity index (χ1n) is 10.9. The zero-order valence-electron chi connectivity index (χ0n) is 19.3. The third-order valence-corrected chi connectivity index (χ3v) is 6.50. The summed E-state index contributed by atoms with van der Waals surface area (Å²) in [5.74, 6) is -0.794. The largest absolute Gasteiger partial charge is 0.350 e. The van der Waals surface area contributed by atoms with Crippen molar-refractivity contribution < 1.29 is 17.6 Å². The summed E-state index contributed by atoms with van der Waals surface area (Å²) < 4.78 is 38.5. The standard InChI is InChI=1S/C24H28FN5O3S/c1-4-13-34(32,33)15-17-9-11-18(12-10-17)28-24-26-14-20(25)22(30-24)29-21-8-6-5-7-19(21)23(31)27-16(2)3/h5-12,14,16H,4,13,15H2,1-3H3,(H,27,31)(H2,26,28,29,30). The molecule has 3 N–H and O–H groups in total. The van der Waals surface area contributed by atoms with Crippen molar-refractivity contribution in [1.82, 2.24) is 15.3 Å². The smallest absolute Gasteiger partial charge is 0.253 e. The molecule has 10 heteroatoms. The number of rotatable bonds is 10. The second-order valence-electron chi connectivity index (χ2n) is 8.10. The number of hydrogen-bond donors (Lipinski definition) is 3. The lowest BCUT2D eigenvalue weighted by Crippen LogP contribution is -2.30. The zero-order valence-corrected chi connectivity index (χ0v) is 20.1. The molecule has 2 aromatic carbocycles. The van der Waals surface area contributed by atoms with Gasteiger partial charge in [-0.2, -0.15) is 4.98 Å². The van der Waals surface area contributed by atoms with E-state index in [9.17, 15) is 17.6 Å². The van der Waals surface area contributed by atoms with Crippen molar-refractivity contribution in [2.45, 2.75) is 39.0 Å². The van der Waals surface area contributed by atoms with Gasteiger partial charge < -0.3 is 16.0 Å². The summed E-state index contributed by atoms with van der Waals surface area (Å²) in [6.07, 6.45) is 1.60. The van der Waals surface area contributed by atoms with E-state index >= 15 is 0 Å². The Morgan fingerprint density at radius 1 is 1.06 bits per heavy atom. The number of nitrogens with zero attached hydrogens (tertiary/aromatic N) is 2. The van der Waals surface area contributed by atoms with Crippen LogP contribution in [0.4, 0.5) is 27.5 Å². The van der Waals surface area contributed by atoms with Crippen LogP contribution in [0, 0.1) is 5.82 Å². The molecule has 0 saturated heterocycles. The van der Waals surface area contributed by atoms with Crippen LogP contribution in [0.5, 0.6) is 0 Å². The van der Waals surface area contributed by atoms with Crippen LogP contribution in [-0.4, -0.2) is 36.1 Å². The maximum Gasteiger partial charge on any atom is 0.253 e. The van der Waals surface area contributed by atoms with Crippen molar-refractivity contribution in [2.75, 3.05) is 16.4 Å². The summed E-state index contributed by atoms with van der Waals surface area (Å²) in [6.45, 7) is 5.54. The molecule has 34 heavy (non-hydrogen) atoms. The van der Waals surface area contributed by atoms with E-state index in [-0.39, 0.29) is 35.2 Å². The number of halogens is 1. The molecule has 1 amide bonds. The van der Waals surface area contributed by atoms with Crippen LogP contribution < -0.4 is 16.0 Å². The molecular weight excluding hydrogens is 457 g/mol. The van der Waals surface area contributed by atoms with E-state index in [0.717, 1.165) is 6.20 Å². The van der Waals surface area contributed by atoms with E-state index in [1.165, 1.54) is 0 Å². The Balaban J connectivity index is 1.76. The molecule has 0 aliphatic carbocycles. The van der Waals surface area contributed by atoms with E-state index in [4.69, 9.17) is 0 Å². The van der Waals surface area contributed by atoms with Crippen molar-refractivity contribution in [1.29, 1.82) is 0 Å². The van der Waals surface area contributed by atoms with E-state index in [2.05, 4.69) is 25.9 Å². The molecule has 1 heterocycles. The molecule has 0 bridgehead atoms. The molecule has 0 saturated carbocycles. The molecule has 1 aromatic heterocycles. The number of anilines is 4. The third kappa shape index (κ3) is 6.98. The molecule has 0 aliphatic heterocycles. The number of nitrogens with one attached hydrogen (secondary N) is 3. The van der Waals surface area contributed by atoms with Crippen LogP contribution in [0.15, 0.2) is 54.7 Å². The number of carbonyl (C=O) groups excluding carboxylic acids is 1. The van der Waals surface area contributed by atoms with Gasteiger partial charge in [-0.3, -0.25) is 4.79 Å². The number of sulfone groups is 1. The van der Waals surface area contributed by atoms with Crippen LogP contribution in [0.2, 0.25) is 0 Å². The minimum absolute atomic E-state index is 0.0218. The van der Waals surface area contributed by atoms with Gasteiger partial charge in [0.1, 0.15) is 0 Å². The van der Waals surface area contributed by atoms with Crippen molar-refractivity contribution in [3.63, 3.8) is 0 Å². The van der Waals surface area contributed by atoms with Crippen molar-refractivity contribution in [3.8, 4) is 0 Å². The van der Waals surface area contributed by atoms with Gasteiger partial charge in [0.15, 0.2) is 21.5 Å². The highest BCUT2D eigenvalue weighted by molar-refractivity contribution is 7.90. The fourth-order valence-electron chi connectivity index (χ4n) is 3.22. The summed E-state index contributed by atoms with van der Waals surface area (Å²) >= 11 is 0. The summed E-state index contributed by atoms with van der Waals surface area (Å²) in [5.41, 5.74) is 2.06. The zero-order chi connectivity index (χ0) is 24.7. The Morgan fingerprint density at radius 2 is 1.76 bits per heavy atom. The average Bonchev–Trinajstić information content (AvgIpc) is 2.77. The molecule has 0 atom stereocenters. The molecule has 0 spiro atoms. The Hall–Kier alpha value is -3.53. The fraction of sp³-hybridized carbons (Fsp3) is 0.292. The molecular formula is C24H28FN5O3S. The fourth-order valence-corrected chi connectivity index (χ4v) is 4.69. The average molecular weight is 486 g/mol. The van der Waals surface area contributed by atoms with Gasteiger partial charge in [0.05, 0.1) is 29.0 Å². The molecule has 0 aliphatic rings. The van der Waals surface area contributed by atoms with Gasteiger partial charge >= 0.3 is 0 Å². The Kier molecular flexibility index (Phi) is 8.17. The molecule has 0 unspecified atom stereocenters. The topological polar surface area (TPSA) is 113 Å². The number of amides is 1. The predicted octanol–water partition coefficient (Wildman–Crippen LogP) is 4.57. The van der Waals surface area contributed by atoms with Gasteiger partial charge in [-0.15, -0.1) is 0 Å². The minimum atomic E-state index is -3.14. The van der Waals surface area contributed by atoms with Gasteiger partial charge in [0, 0.05) is 11.7 Å². The number of carbonyl (C=O) groups is 1. The van der Waals surface area contributed by atoms with Crippen LogP contribution in [0.25, 0.3) is 0 Å². The lowest BCUT2D eigenvalue weighted by atomic mass is 10.1. The predicted molar refractivity (Wildman–Crippen MR) is 132 cm³/mol. The summed E-state index contributed by atoms with van der Waals surface area (Å²) in [6, 6.07) is 13.5. The highest BCUT2D eigenvalue weighted by Gasteiger charge is 2.15. The van der Waals surface area contributed by atoms with Gasteiger partial charge in [0.2, 0.25) is 5.95 Å². The lowest BCUT2D eigenvalue weighted by molar-refractivity contribution is 0.0944. The summed E-state index contributed by atoms with van der Waals surface area (Å²) in [4.78, 5) is 20.6. The molecule has 8 nitrogen and oxygen atoms in total. The maximum absolute atomic E-state index is 14.4. The molecule has 0 radical (unpaired) electrons. The van der Waals surface area contributed by atoms with E-state index in [1.54, 1.807) is 48.5 Å². The Bertz CT molecular complexity index is 1250. The maximum atomic E-state index is 14.4. The van der Waals surface area contributed by atoms with Gasteiger partial charge in [0.25, 0.3) is 5.91 Å². The highest BCUT2D eigenvalue weighted by Crippen LogP contribution is 2.23. The number of aromatic nitrogens is 2. The Labute approximate surface area is 199 Å². The SMILES string of the molecule is CCCS(=O)(=O)Cc1ccc(Nc2ncc(F)c(Nc3ccccc3C(=O)NC(C)C)n2)cc1. The normalized spacial score (nSPS) is 11.3. The van der Waals surface area contributed by atoms with Gasteiger partial charge in [-0.05, 0) is 50.1 Å². The van der Waals surface area contributed by atoms with Crippen LogP contribution in [0.3, 0.4) is 0 Å². The first-order chi connectivity index (χ1) is 16.2. The first-order valence-corrected chi connectivity index (χ1v) is 12.7. The molecule has 0 fully saturated rings. The molecule has 180 valence electrons. The number of benzene rings is 2. The monoisotopic (exact) mass is 485 g/mol. The molecule has 3 aromatic rings. The van der Waals surface area contributed by atoms with Crippen molar-refractivity contribution >= 4 is 38.9 Å². The second kappa shape index (κ2) is 11.1. The van der Waals surface area contributed by atoms with Gasteiger partial charge in [-0.1, -0.05) is 31.2 Å². The van der Waals surface area contributed by atoms with Crippen LogP contribution in [0.1, 0.15) is 43.1 Å². The van der Waals surface area contributed by atoms with E-state index in [0.29, 0.717) is 28.9 Å². The van der Waals surface area contributed by atoms with E-state index < -0.39 is 15.7 Å². The Morgan fingerprint density at radius 3 is 2.44 bits per heavy atom. The van der Waals surface area contributed by atoms with Crippen LogP contribution >= 0.6 is 0 Å². The summed E-state index contributed by atoms with van der Waals surface area (Å²) in [7, 11) is -3.14. The number of para-hydroxylation sites is 1.